The second-order valence-corrected chi connectivity index (χ2v) is 7.92. The summed E-state index contributed by atoms with van der Waals surface area (Å²) in [4.78, 5) is 28.1. The monoisotopic (exact) mass is 410 g/mol. The van der Waals surface area contributed by atoms with E-state index in [2.05, 4.69) is 10.4 Å². The van der Waals surface area contributed by atoms with Crippen LogP contribution in [0.1, 0.15) is 11.3 Å². The summed E-state index contributed by atoms with van der Waals surface area (Å²) in [5.74, 6) is 1.19. The van der Waals surface area contributed by atoms with Gasteiger partial charge in [-0.15, -0.1) is 11.3 Å². The molecule has 2 amide bonds. The van der Waals surface area contributed by atoms with Crippen molar-refractivity contribution >= 4 is 34.7 Å². The number of carbonyl (C=O) groups excluding carboxylic acids is 2. The molecule has 4 heterocycles. The molecule has 0 radical (unpaired) electrons. The first-order chi connectivity index (χ1) is 14.2. The van der Waals surface area contributed by atoms with Crippen LogP contribution in [0.2, 0.25) is 0 Å². The number of hydrogen-bond acceptors (Lipinski definition) is 6. The number of aromatic nitrogens is 2. The van der Waals surface area contributed by atoms with Crippen molar-refractivity contribution in [2.75, 3.05) is 23.6 Å². The average Bonchev–Trinajstić information content (AvgIpc) is 3.49. The summed E-state index contributed by atoms with van der Waals surface area (Å²) < 4.78 is 12.4. The quantitative estimate of drug-likeness (QED) is 0.699. The summed E-state index contributed by atoms with van der Waals surface area (Å²) in [5.41, 5.74) is 0.706. The highest BCUT2D eigenvalue weighted by atomic mass is 32.1. The first-order valence-electron chi connectivity index (χ1n) is 9.22. The van der Waals surface area contributed by atoms with Crippen LogP contribution in [0.5, 0.6) is 11.5 Å². The molecule has 1 aromatic carbocycles. The van der Waals surface area contributed by atoms with E-state index in [1.165, 1.54) is 0 Å². The van der Waals surface area contributed by atoms with Gasteiger partial charge in [0.15, 0.2) is 11.5 Å². The third-order valence-electron chi connectivity index (χ3n) is 5.02. The Hall–Kier alpha value is -3.33. The predicted molar refractivity (Wildman–Crippen MR) is 107 cm³/mol. The van der Waals surface area contributed by atoms with Crippen molar-refractivity contribution in [2.24, 2.45) is 5.92 Å². The van der Waals surface area contributed by atoms with Crippen molar-refractivity contribution in [3.63, 3.8) is 0 Å². The van der Waals surface area contributed by atoms with Gasteiger partial charge in [0.05, 0.1) is 18.7 Å². The van der Waals surface area contributed by atoms with Crippen LogP contribution in [0.25, 0.3) is 0 Å². The van der Waals surface area contributed by atoms with E-state index in [0.29, 0.717) is 36.1 Å². The Kier molecular flexibility index (Phi) is 4.44. The minimum Gasteiger partial charge on any atom is -0.454 e. The molecule has 5 rings (SSSR count). The van der Waals surface area contributed by atoms with Crippen LogP contribution >= 0.6 is 11.3 Å². The molecule has 1 N–H and O–H groups in total. The third-order valence-corrected chi connectivity index (χ3v) is 5.88. The normalized spacial score (nSPS) is 17.7. The Morgan fingerprint density at radius 3 is 3.00 bits per heavy atom. The number of nitrogens with one attached hydrogen (secondary N) is 1. The summed E-state index contributed by atoms with van der Waals surface area (Å²) in [7, 11) is 0. The van der Waals surface area contributed by atoms with Gasteiger partial charge in [-0.3, -0.25) is 9.59 Å². The van der Waals surface area contributed by atoms with Gasteiger partial charge in [0.25, 0.3) is 0 Å². The van der Waals surface area contributed by atoms with Crippen LogP contribution in [-0.4, -0.2) is 34.9 Å². The molecular formula is C20H18N4O4S. The molecule has 2 aromatic heterocycles. The molecule has 1 fully saturated rings. The molecule has 2 aliphatic heterocycles. The molecule has 0 aliphatic carbocycles. The predicted octanol–water partition coefficient (Wildman–Crippen LogP) is 2.71. The molecule has 1 unspecified atom stereocenters. The zero-order chi connectivity index (χ0) is 19.8. The second-order valence-electron chi connectivity index (χ2n) is 6.89. The smallest absolute Gasteiger partial charge is 0.231 e. The van der Waals surface area contributed by atoms with Crippen molar-refractivity contribution in [2.45, 2.75) is 13.0 Å². The highest BCUT2D eigenvalue weighted by Gasteiger charge is 2.36. The Labute approximate surface area is 170 Å². The standard InChI is InChI=1S/C20H18N4O4S/c25-19-8-13(10-23(19)14-3-4-16-17(9-14)28-12-27-16)20(26)22-18-5-6-21-24(18)11-15-2-1-7-29-15/h1-7,9,13H,8,10-12H2,(H,22,26). The summed E-state index contributed by atoms with van der Waals surface area (Å²) in [6.45, 7) is 1.09. The Morgan fingerprint density at radius 2 is 2.14 bits per heavy atom. The number of amides is 2. The number of nitrogens with zero attached hydrogens (tertiary/aromatic N) is 3. The fraction of sp³-hybridized carbons (Fsp3) is 0.250. The highest BCUT2D eigenvalue weighted by Crippen LogP contribution is 2.37. The van der Waals surface area contributed by atoms with Gasteiger partial charge in [0.1, 0.15) is 5.82 Å². The molecule has 0 bridgehead atoms. The number of carbonyl (C=O) groups is 2. The van der Waals surface area contributed by atoms with E-state index in [4.69, 9.17) is 9.47 Å². The van der Waals surface area contributed by atoms with Crippen LogP contribution < -0.4 is 19.7 Å². The number of ether oxygens (including phenoxy) is 2. The molecule has 3 aromatic rings. The van der Waals surface area contributed by atoms with Gasteiger partial charge < -0.3 is 19.7 Å². The fourth-order valence-corrected chi connectivity index (χ4v) is 4.22. The van der Waals surface area contributed by atoms with E-state index in [-0.39, 0.29) is 25.0 Å². The Morgan fingerprint density at radius 1 is 1.24 bits per heavy atom. The number of hydrogen-bond donors (Lipinski definition) is 1. The summed E-state index contributed by atoms with van der Waals surface area (Å²) in [5, 5.41) is 9.21. The lowest BCUT2D eigenvalue weighted by Crippen LogP contribution is -2.28. The lowest BCUT2D eigenvalue weighted by Gasteiger charge is -2.17. The van der Waals surface area contributed by atoms with Crippen molar-refractivity contribution in [1.29, 1.82) is 0 Å². The van der Waals surface area contributed by atoms with E-state index in [9.17, 15) is 9.59 Å². The average molecular weight is 410 g/mol. The van der Waals surface area contributed by atoms with Crippen LogP contribution in [0.15, 0.2) is 48.0 Å². The largest absolute Gasteiger partial charge is 0.454 e. The van der Waals surface area contributed by atoms with Crippen molar-refractivity contribution in [3.05, 3.63) is 52.9 Å². The van der Waals surface area contributed by atoms with Gasteiger partial charge in [-0.25, -0.2) is 4.68 Å². The van der Waals surface area contributed by atoms with Crippen LogP contribution in [0.4, 0.5) is 11.5 Å². The number of anilines is 2. The summed E-state index contributed by atoms with van der Waals surface area (Å²) in [6, 6.07) is 11.1. The summed E-state index contributed by atoms with van der Waals surface area (Å²) >= 11 is 1.64. The Bertz CT molecular complexity index is 1060. The summed E-state index contributed by atoms with van der Waals surface area (Å²) in [6.07, 6.45) is 1.82. The van der Waals surface area contributed by atoms with Crippen LogP contribution in [0, 0.1) is 5.92 Å². The lowest BCUT2D eigenvalue weighted by atomic mass is 10.1. The number of benzene rings is 1. The van der Waals surface area contributed by atoms with Gasteiger partial charge in [-0.2, -0.15) is 5.10 Å². The minimum atomic E-state index is -0.432. The van der Waals surface area contributed by atoms with Gasteiger partial charge in [-0.05, 0) is 23.6 Å². The van der Waals surface area contributed by atoms with E-state index < -0.39 is 5.92 Å². The van der Waals surface area contributed by atoms with E-state index >= 15 is 0 Å². The second kappa shape index (κ2) is 7.25. The van der Waals surface area contributed by atoms with Crippen molar-refractivity contribution < 1.29 is 19.1 Å². The van der Waals surface area contributed by atoms with Crippen molar-refractivity contribution in [3.8, 4) is 11.5 Å². The number of fused-ring (bicyclic) bond motifs is 1. The zero-order valence-corrected chi connectivity index (χ0v) is 16.2. The number of thiophene rings is 1. The fourth-order valence-electron chi connectivity index (χ4n) is 3.53. The third kappa shape index (κ3) is 3.44. The van der Waals surface area contributed by atoms with Gasteiger partial charge in [-0.1, -0.05) is 6.07 Å². The maximum Gasteiger partial charge on any atom is 0.231 e. The molecule has 29 heavy (non-hydrogen) atoms. The van der Waals surface area contributed by atoms with Crippen LogP contribution in [-0.2, 0) is 16.1 Å². The van der Waals surface area contributed by atoms with Gasteiger partial charge in [0.2, 0.25) is 18.6 Å². The lowest BCUT2D eigenvalue weighted by molar-refractivity contribution is -0.122. The molecule has 9 heteroatoms. The molecule has 148 valence electrons. The minimum absolute atomic E-state index is 0.0869. The maximum absolute atomic E-state index is 12.8. The first kappa shape index (κ1) is 17.7. The maximum atomic E-state index is 12.8. The van der Waals surface area contributed by atoms with E-state index in [1.54, 1.807) is 45.3 Å². The molecule has 8 nitrogen and oxygen atoms in total. The zero-order valence-electron chi connectivity index (χ0n) is 15.4. The topological polar surface area (TPSA) is 85.7 Å². The molecule has 0 saturated carbocycles. The van der Waals surface area contributed by atoms with Crippen molar-refractivity contribution in [1.82, 2.24) is 9.78 Å². The highest BCUT2D eigenvalue weighted by molar-refractivity contribution is 7.09. The van der Waals surface area contributed by atoms with E-state index in [1.807, 2.05) is 23.6 Å². The van der Waals surface area contributed by atoms with Crippen LogP contribution in [0.3, 0.4) is 0 Å². The van der Waals surface area contributed by atoms with Gasteiger partial charge in [0, 0.05) is 35.7 Å². The van der Waals surface area contributed by atoms with E-state index in [0.717, 1.165) is 4.88 Å². The molecular weight excluding hydrogens is 392 g/mol. The SMILES string of the molecule is O=C(Nc1ccnn1Cc1cccs1)C1CC(=O)N(c2ccc3c(c2)OCO3)C1. The number of rotatable bonds is 5. The molecule has 1 saturated heterocycles. The molecule has 1 atom stereocenters. The first-order valence-corrected chi connectivity index (χ1v) is 10.1. The molecule has 2 aliphatic rings. The Balaban J connectivity index is 1.27. The molecule has 0 spiro atoms. The van der Waals surface area contributed by atoms with Gasteiger partial charge >= 0.3 is 0 Å².